The number of hydrogen-bond donors (Lipinski definition) is 3. The molecule has 0 saturated heterocycles. The number of halogens is 1. The maximum Gasteiger partial charge on any atom is 0.222 e. The SMILES string of the molecule is CC(=O)NC(=S)Nc1cc(-c2ccc(CO)o2)ccc1Cl. The van der Waals surface area contributed by atoms with Crippen molar-refractivity contribution in [3.8, 4) is 11.3 Å². The Morgan fingerprint density at radius 3 is 2.76 bits per heavy atom. The number of furan rings is 1. The van der Waals surface area contributed by atoms with Gasteiger partial charge in [0.1, 0.15) is 18.1 Å². The van der Waals surface area contributed by atoms with Gasteiger partial charge in [-0.2, -0.15) is 0 Å². The summed E-state index contributed by atoms with van der Waals surface area (Å²) in [6, 6.07) is 8.67. The van der Waals surface area contributed by atoms with E-state index in [9.17, 15) is 4.79 Å². The Morgan fingerprint density at radius 1 is 1.38 bits per heavy atom. The lowest BCUT2D eigenvalue weighted by Crippen LogP contribution is -2.32. The van der Waals surface area contributed by atoms with Crippen molar-refractivity contribution in [2.75, 3.05) is 5.32 Å². The number of nitrogens with one attached hydrogen (secondary N) is 2. The Bertz CT molecular complexity index is 685. The van der Waals surface area contributed by atoms with Crippen LogP contribution >= 0.6 is 23.8 Å². The third kappa shape index (κ3) is 4.04. The smallest absolute Gasteiger partial charge is 0.222 e. The highest BCUT2D eigenvalue weighted by Crippen LogP contribution is 2.30. The van der Waals surface area contributed by atoms with Crippen LogP contribution in [0, 0.1) is 0 Å². The van der Waals surface area contributed by atoms with Gasteiger partial charge in [-0.3, -0.25) is 4.79 Å². The largest absolute Gasteiger partial charge is 0.459 e. The average Bonchev–Trinajstić information content (AvgIpc) is 2.89. The van der Waals surface area contributed by atoms with E-state index >= 15 is 0 Å². The Hall–Kier alpha value is -1.89. The lowest BCUT2D eigenvalue weighted by molar-refractivity contribution is -0.117. The molecule has 1 aromatic heterocycles. The maximum atomic E-state index is 10.9. The summed E-state index contributed by atoms with van der Waals surface area (Å²) in [5.74, 6) is 0.811. The average molecular weight is 325 g/mol. The molecule has 0 fully saturated rings. The first kappa shape index (κ1) is 15.5. The van der Waals surface area contributed by atoms with E-state index in [0.717, 1.165) is 5.56 Å². The minimum absolute atomic E-state index is 0.161. The maximum absolute atomic E-state index is 10.9. The van der Waals surface area contributed by atoms with Gasteiger partial charge < -0.3 is 20.2 Å². The number of amides is 1. The molecule has 2 aromatic rings. The monoisotopic (exact) mass is 324 g/mol. The standard InChI is InChI=1S/C14H13ClN2O3S/c1-8(19)16-14(21)17-12-6-9(2-4-11(12)15)13-5-3-10(7-18)20-13/h2-6,18H,7H2,1H3,(H2,16,17,19,21). The van der Waals surface area contributed by atoms with E-state index in [0.29, 0.717) is 22.2 Å². The molecular weight excluding hydrogens is 312 g/mol. The second kappa shape index (κ2) is 6.71. The van der Waals surface area contributed by atoms with E-state index < -0.39 is 0 Å². The van der Waals surface area contributed by atoms with Crippen molar-refractivity contribution >= 4 is 40.5 Å². The molecule has 5 nitrogen and oxygen atoms in total. The summed E-state index contributed by atoms with van der Waals surface area (Å²) in [7, 11) is 0. The number of carbonyl (C=O) groups is 1. The molecule has 0 unspecified atom stereocenters. The van der Waals surface area contributed by atoms with Crippen molar-refractivity contribution in [2.24, 2.45) is 0 Å². The van der Waals surface area contributed by atoms with Crippen molar-refractivity contribution in [1.82, 2.24) is 5.32 Å². The molecule has 110 valence electrons. The summed E-state index contributed by atoms with van der Waals surface area (Å²) in [4.78, 5) is 10.9. The first-order valence-electron chi connectivity index (χ1n) is 6.07. The van der Waals surface area contributed by atoms with Gasteiger partial charge in [-0.15, -0.1) is 0 Å². The lowest BCUT2D eigenvalue weighted by Gasteiger charge is -2.10. The zero-order chi connectivity index (χ0) is 15.4. The predicted octanol–water partition coefficient (Wildman–Crippen LogP) is 2.93. The highest BCUT2D eigenvalue weighted by Gasteiger charge is 2.09. The van der Waals surface area contributed by atoms with E-state index in [-0.39, 0.29) is 17.6 Å². The molecule has 0 atom stereocenters. The van der Waals surface area contributed by atoms with Gasteiger partial charge in [-0.05, 0) is 42.5 Å². The van der Waals surface area contributed by atoms with Crippen LogP contribution in [-0.4, -0.2) is 16.1 Å². The molecule has 0 radical (unpaired) electrons. The summed E-state index contributed by atoms with van der Waals surface area (Å²) in [5.41, 5.74) is 1.32. The molecule has 0 spiro atoms. The van der Waals surface area contributed by atoms with Crippen LogP contribution in [0.1, 0.15) is 12.7 Å². The van der Waals surface area contributed by atoms with Gasteiger partial charge in [-0.1, -0.05) is 11.6 Å². The van der Waals surface area contributed by atoms with Gasteiger partial charge in [0.05, 0.1) is 10.7 Å². The number of anilines is 1. The van der Waals surface area contributed by atoms with Crippen molar-refractivity contribution in [3.63, 3.8) is 0 Å². The fraction of sp³-hybridized carbons (Fsp3) is 0.143. The van der Waals surface area contributed by atoms with Gasteiger partial charge in [0.15, 0.2) is 5.11 Å². The van der Waals surface area contributed by atoms with Crippen LogP contribution in [0.2, 0.25) is 5.02 Å². The second-order valence-electron chi connectivity index (χ2n) is 4.25. The third-order valence-electron chi connectivity index (χ3n) is 2.61. The molecule has 0 aliphatic carbocycles. The van der Waals surface area contributed by atoms with Crippen molar-refractivity contribution in [3.05, 3.63) is 41.1 Å². The van der Waals surface area contributed by atoms with Gasteiger partial charge in [0.25, 0.3) is 0 Å². The Balaban J connectivity index is 2.24. The van der Waals surface area contributed by atoms with Gasteiger partial charge >= 0.3 is 0 Å². The predicted molar refractivity (Wildman–Crippen MR) is 85.1 cm³/mol. The molecule has 0 bridgehead atoms. The molecule has 21 heavy (non-hydrogen) atoms. The molecule has 1 aromatic carbocycles. The number of aliphatic hydroxyl groups excluding tert-OH is 1. The minimum atomic E-state index is -0.265. The molecule has 3 N–H and O–H groups in total. The second-order valence-corrected chi connectivity index (χ2v) is 5.07. The molecule has 0 aliphatic rings. The zero-order valence-corrected chi connectivity index (χ0v) is 12.7. The summed E-state index contributed by atoms with van der Waals surface area (Å²) in [5, 5.41) is 14.9. The first-order valence-corrected chi connectivity index (χ1v) is 6.86. The number of thiocarbonyl (C=S) groups is 1. The Labute approximate surface area is 131 Å². The van der Waals surface area contributed by atoms with Crippen LogP contribution in [0.4, 0.5) is 5.69 Å². The molecule has 1 heterocycles. The van der Waals surface area contributed by atoms with Gasteiger partial charge in [-0.25, -0.2) is 0 Å². The van der Waals surface area contributed by atoms with Gasteiger partial charge in [0.2, 0.25) is 5.91 Å². The Kier molecular flexibility index (Phi) is 4.95. The van der Waals surface area contributed by atoms with E-state index in [1.165, 1.54) is 6.92 Å². The van der Waals surface area contributed by atoms with Crippen LogP contribution in [0.5, 0.6) is 0 Å². The van der Waals surface area contributed by atoms with Crippen LogP contribution in [-0.2, 0) is 11.4 Å². The van der Waals surface area contributed by atoms with Crippen LogP contribution in [0.3, 0.4) is 0 Å². The van der Waals surface area contributed by atoms with Crippen molar-refractivity contribution < 1.29 is 14.3 Å². The topological polar surface area (TPSA) is 74.5 Å². The van der Waals surface area contributed by atoms with E-state index in [2.05, 4.69) is 10.6 Å². The van der Waals surface area contributed by atoms with E-state index in [1.807, 2.05) is 0 Å². The van der Waals surface area contributed by atoms with Crippen molar-refractivity contribution in [2.45, 2.75) is 13.5 Å². The number of hydrogen-bond acceptors (Lipinski definition) is 4. The quantitative estimate of drug-likeness (QED) is 0.757. The highest BCUT2D eigenvalue weighted by atomic mass is 35.5. The summed E-state index contributed by atoms with van der Waals surface area (Å²) in [6.07, 6.45) is 0. The number of benzene rings is 1. The molecule has 7 heteroatoms. The molecule has 2 rings (SSSR count). The molecule has 0 saturated carbocycles. The van der Waals surface area contributed by atoms with Crippen LogP contribution in [0.15, 0.2) is 34.7 Å². The van der Waals surface area contributed by atoms with Crippen LogP contribution < -0.4 is 10.6 Å². The zero-order valence-electron chi connectivity index (χ0n) is 11.1. The normalized spacial score (nSPS) is 10.2. The van der Waals surface area contributed by atoms with E-state index in [4.69, 9.17) is 33.3 Å². The van der Waals surface area contributed by atoms with Crippen LogP contribution in [0.25, 0.3) is 11.3 Å². The number of carbonyl (C=O) groups excluding carboxylic acids is 1. The number of aliphatic hydroxyl groups is 1. The molecule has 0 aliphatic heterocycles. The summed E-state index contributed by atoms with van der Waals surface area (Å²) in [6.45, 7) is 1.20. The Morgan fingerprint density at radius 2 is 2.14 bits per heavy atom. The summed E-state index contributed by atoms with van der Waals surface area (Å²) >= 11 is 11.1. The first-order chi connectivity index (χ1) is 9.99. The minimum Gasteiger partial charge on any atom is -0.459 e. The molecule has 1 amide bonds. The number of rotatable bonds is 3. The fourth-order valence-corrected chi connectivity index (χ4v) is 2.12. The van der Waals surface area contributed by atoms with Crippen molar-refractivity contribution in [1.29, 1.82) is 0 Å². The fourth-order valence-electron chi connectivity index (χ4n) is 1.71. The summed E-state index contributed by atoms with van der Waals surface area (Å²) < 4.78 is 5.46. The third-order valence-corrected chi connectivity index (χ3v) is 3.14. The lowest BCUT2D eigenvalue weighted by atomic mass is 10.1. The van der Waals surface area contributed by atoms with Gasteiger partial charge in [0, 0.05) is 12.5 Å². The highest BCUT2D eigenvalue weighted by molar-refractivity contribution is 7.80. The van der Waals surface area contributed by atoms with E-state index in [1.54, 1.807) is 30.3 Å². The molecular formula is C14H13ClN2O3S.